The average Bonchev–Trinajstić information content (AvgIpc) is 2.86. The average molecular weight is 560 g/mol. The van der Waals surface area contributed by atoms with Gasteiger partial charge in [0.2, 0.25) is 11.8 Å². The molecule has 3 rings (SSSR count). The maximum Gasteiger partial charge on any atom is 0.264 e. The Morgan fingerprint density at radius 3 is 2.13 bits per heavy atom. The first-order valence-electron chi connectivity index (χ1n) is 12.1. The fraction of sp³-hybridized carbons (Fsp3) is 0.286. The molecule has 0 aliphatic heterocycles. The molecule has 2 amide bonds. The Morgan fingerprint density at radius 1 is 0.947 bits per heavy atom. The highest BCUT2D eigenvalue weighted by atomic mass is 35.5. The number of rotatable bonds is 10. The van der Waals surface area contributed by atoms with E-state index in [-0.39, 0.29) is 28.2 Å². The minimum Gasteiger partial charge on any atom is -0.352 e. The van der Waals surface area contributed by atoms with Gasteiger partial charge in [0.05, 0.1) is 15.6 Å². The summed E-state index contributed by atoms with van der Waals surface area (Å²) < 4.78 is 42.0. The minimum absolute atomic E-state index is 0.00787. The van der Waals surface area contributed by atoms with Gasteiger partial charge in [0.25, 0.3) is 10.0 Å². The molecule has 202 valence electrons. The summed E-state index contributed by atoms with van der Waals surface area (Å²) in [5.74, 6) is -1.47. The van der Waals surface area contributed by atoms with Crippen LogP contribution in [0.5, 0.6) is 0 Å². The molecule has 0 fully saturated rings. The first-order valence-corrected chi connectivity index (χ1v) is 13.9. The number of aryl methyl sites for hydroxylation is 1. The van der Waals surface area contributed by atoms with Gasteiger partial charge >= 0.3 is 0 Å². The second-order valence-electron chi connectivity index (χ2n) is 9.26. The molecular weight excluding hydrogens is 529 g/mol. The van der Waals surface area contributed by atoms with Gasteiger partial charge in [-0.2, -0.15) is 0 Å². The van der Waals surface area contributed by atoms with Crippen LogP contribution in [-0.4, -0.2) is 43.8 Å². The molecular formula is C28H31ClFN3O4S. The molecule has 0 aliphatic rings. The van der Waals surface area contributed by atoms with Crippen molar-refractivity contribution in [2.75, 3.05) is 10.8 Å². The van der Waals surface area contributed by atoms with Crippen LogP contribution in [0.3, 0.4) is 0 Å². The third-order valence-electron chi connectivity index (χ3n) is 5.87. The molecule has 0 aromatic heterocycles. The third-order valence-corrected chi connectivity index (χ3v) is 7.97. The van der Waals surface area contributed by atoms with Crippen molar-refractivity contribution in [3.05, 3.63) is 94.8 Å². The highest BCUT2D eigenvalue weighted by Gasteiger charge is 2.33. The van der Waals surface area contributed by atoms with Crippen molar-refractivity contribution in [2.45, 2.75) is 51.2 Å². The molecule has 0 bridgehead atoms. The number of anilines is 1. The summed E-state index contributed by atoms with van der Waals surface area (Å²) in [5.41, 5.74) is 1.58. The molecule has 1 N–H and O–H groups in total. The van der Waals surface area contributed by atoms with E-state index in [0.717, 1.165) is 9.87 Å². The predicted molar refractivity (Wildman–Crippen MR) is 147 cm³/mol. The molecule has 1 unspecified atom stereocenters. The molecule has 0 spiro atoms. The van der Waals surface area contributed by atoms with Gasteiger partial charge in [-0.05, 0) is 69.7 Å². The lowest BCUT2D eigenvalue weighted by atomic mass is 10.1. The predicted octanol–water partition coefficient (Wildman–Crippen LogP) is 4.92. The number of amides is 2. The maximum atomic E-state index is 13.8. The number of carbonyl (C=O) groups excluding carboxylic acids is 2. The lowest BCUT2D eigenvalue weighted by Crippen LogP contribution is -2.52. The van der Waals surface area contributed by atoms with Gasteiger partial charge in [-0.3, -0.25) is 13.9 Å². The SMILES string of the molecule is Cc1ccc(S(=O)(=O)N(CC(=O)N(Cc2ccc(F)cc2)C(C)C(=O)NC(C)C)c2ccccc2Cl)cc1. The Hall–Kier alpha value is -3.43. The summed E-state index contributed by atoms with van der Waals surface area (Å²) in [6.07, 6.45) is 0. The van der Waals surface area contributed by atoms with E-state index >= 15 is 0 Å². The van der Waals surface area contributed by atoms with Gasteiger partial charge in [-0.25, -0.2) is 12.8 Å². The quantitative estimate of drug-likeness (QED) is 0.382. The molecule has 1 atom stereocenters. The van der Waals surface area contributed by atoms with E-state index in [9.17, 15) is 22.4 Å². The number of hydrogen-bond donors (Lipinski definition) is 1. The normalized spacial score (nSPS) is 12.2. The van der Waals surface area contributed by atoms with Gasteiger partial charge < -0.3 is 10.2 Å². The molecule has 0 saturated carbocycles. The van der Waals surface area contributed by atoms with Crippen LogP contribution in [-0.2, 0) is 26.2 Å². The summed E-state index contributed by atoms with van der Waals surface area (Å²) >= 11 is 6.38. The Bertz CT molecular complexity index is 1380. The molecule has 38 heavy (non-hydrogen) atoms. The van der Waals surface area contributed by atoms with Crippen LogP contribution in [0, 0.1) is 12.7 Å². The van der Waals surface area contributed by atoms with Crippen LogP contribution in [0.4, 0.5) is 10.1 Å². The summed E-state index contributed by atoms with van der Waals surface area (Å²) in [4.78, 5) is 28.0. The number of para-hydroxylation sites is 1. The van der Waals surface area contributed by atoms with Crippen molar-refractivity contribution < 1.29 is 22.4 Å². The molecule has 0 aliphatic carbocycles. The maximum absolute atomic E-state index is 13.8. The second kappa shape index (κ2) is 12.4. The molecule has 0 radical (unpaired) electrons. The zero-order valence-electron chi connectivity index (χ0n) is 21.7. The van der Waals surface area contributed by atoms with Gasteiger partial charge in [0, 0.05) is 12.6 Å². The summed E-state index contributed by atoms with van der Waals surface area (Å²) in [7, 11) is -4.21. The Labute approximate surface area is 228 Å². The first kappa shape index (κ1) is 29.1. The Morgan fingerprint density at radius 2 is 1.55 bits per heavy atom. The van der Waals surface area contributed by atoms with Crippen LogP contribution in [0.15, 0.2) is 77.7 Å². The molecule has 3 aromatic rings. The van der Waals surface area contributed by atoms with Crippen LogP contribution >= 0.6 is 11.6 Å². The summed E-state index contributed by atoms with van der Waals surface area (Å²) in [5, 5.41) is 2.93. The van der Waals surface area contributed by atoms with Crippen molar-refractivity contribution >= 4 is 39.1 Å². The van der Waals surface area contributed by atoms with Crippen LogP contribution in [0.1, 0.15) is 31.9 Å². The van der Waals surface area contributed by atoms with E-state index in [1.54, 1.807) is 45.0 Å². The van der Waals surface area contributed by atoms with Crippen molar-refractivity contribution in [3.63, 3.8) is 0 Å². The second-order valence-corrected chi connectivity index (χ2v) is 11.5. The van der Waals surface area contributed by atoms with Crippen molar-refractivity contribution in [1.82, 2.24) is 10.2 Å². The monoisotopic (exact) mass is 559 g/mol. The lowest BCUT2D eigenvalue weighted by Gasteiger charge is -2.32. The van der Waals surface area contributed by atoms with Gasteiger partial charge in [-0.1, -0.05) is 53.6 Å². The highest BCUT2D eigenvalue weighted by Crippen LogP contribution is 2.31. The van der Waals surface area contributed by atoms with E-state index in [4.69, 9.17) is 11.6 Å². The molecule has 0 saturated heterocycles. The summed E-state index contributed by atoms with van der Waals surface area (Å²) in [6, 6.07) is 17.0. The number of sulfonamides is 1. The number of carbonyl (C=O) groups is 2. The van der Waals surface area contributed by atoms with Gasteiger partial charge in [-0.15, -0.1) is 0 Å². The number of hydrogen-bond acceptors (Lipinski definition) is 4. The van der Waals surface area contributed by atoms with Crippen LogP contribution in [0.25, 0.3) is 0 Å². The van der Waals surface area contributed by atoms with Crippen LogP contribution in [0.2, 0.25) is 5.02 Å². The smallest absolute Gasteiger partial charge is 0.264 e. The zero-order chi connectivity index (χ0) is 28.0. The van der Waals surface area contributed by atoms with Crippen molar-refractivity contribution in [2.24, 2.45) is 0 Å². The molecule has 10 heteroatoms. The largest absolute Gasteiger partial charge is 0.352 e. The molecule has 0 heterocycles. The fourth-order valence-electron chi connectivity index (χ4n) is 3.78. The number of halogens is 2. The van der Waals surface area contributed by atoms with Gasteiger partial charge in [0.1, 0.15) is 18.4 Å². The van der Waals surface area contributed by atoms with E-state index in [2.05, 4.69) is 5.32 Å². The van der Waals surface area contributed by atoms with E-state index in [1.165, 1.54) is 53.4 Å². The van der Waals surface area contributed by atoms with E-state index < -0.39 is 40.2 Å². The molecule has 3 aromatic carbocycles. The summed E-state index contributed by atoms with van der Waals surface area (Å²) in [6.45, 7) is 6.34. The lowest BCUT2D eigenvalue weighted by molar-refractivity contribution is -0.139. The minimum atomic E-state index is -4.21. The molecule has 7 nitrogen and oxygen atoms in total. The van der Waals surface area contributed by atoms with Crippen molar-refractivity contribution in [1.29, 1.82) is 0 Å². The van der Waals surface area contributed by atoms with E-state index in [1.807, 2.05) is 6.92 Å². The topological polar surface area (TPSA) is 86.8 Å². The number of nitrogens with one attached hydrogen (secondary N) is 1. The first-order chi connectivity index (χ1) is 17.9. The van der Waals surface area contributed by atoms with Crippen LogP contribution < -0.4 is 9.62 Å². The Balaban J connectivity index is 2.04. The van der Waals surface area contributed by atoms with Gasteiger partial charge in [0.15, 0.2) is 0 Å². The Kier molecular flexibility index (Phi) is 9.51. The van der Waals surface area contributed by atoms with E-state index in [0.29, 0.717) is 5.56 Å². The third kappa shape index (κ3) is 7.11. The highest BCUT2D eigenvalue weighted by molar-refractivity contribution is 7.92. The standard InChI is InChI=1S/C28H31ClFN3O4S/c1-19(2)31-28(35)21(4)32(17-22-11-13-23(30)14-12-22)27(34)18-33(26-8-6-5-7-25(26)29)38(36,37)24-15-9-20(3)10-16-24/h5-16,19,21H,17-18H2,1-4H3,(H,31,35). The zero-order valence-corrected chi connectivity index (χ0v) is 23.3. The number of nitrogens with zero attached hydrogens (tertiary/aromatic N) is 2. The van der Waals surface area contributed by atoms with Crippen molar-refractivity contribution in [3.8, 4) is 0 Å². The fourth-order valence-corrected chi connectivity index (χ4v) is 5.50. The number of benzene rings is 3.